The van der Waals surface area contributed by atoms with Crippen LogP contribution in [0.1, 0.15) is 43.4 Å². The third kappa shape index (κ3) is 3.80. The van der Waals surface area contributed by atoms with Crippen LogP contribution in [0.2, 0.25) is 0 Å². The Morgan fingerprint density at radius 2 is 1.95 bits per heavy atom. The molecule has 19 heavy (non-hydrogen) atoms. The number of hydrogen-bond donors (Lipinski definition) is 2. The minimum Gasteiger partial charge on any atom is -0.350 e. The van der Waals surface area contributed by atoms with Crippen molar-refractivity contribution in [3.8, 4) is 0 Å². The van der Waals surface area contributed by atoms with E-state index in [9.17, 15) is 4.79 Å². The molecule has 0 atom stereocenters. The molecule has 1 aromatic carbocycles. The summed E-state index contributed by atoms with van der Waals surface area (Å²) in [6.07, 6.45) is 5.33. The van der Waals surface area contributed by atoms with Crippen LogP contribution in [0, 0.1) is 0 Å². The predicted octanol–water partition coefficient (Wildman–Crippen LogP) is 1.96. The van der Waals surface area contributed by atoms with Gasteiger partial charge in [0, 0.05) is 12.1 Å². The van der Waals surface area contributed by atoms with Gasteiger partial charge in [-0.25, -0.2) is 0 Å². The molecule has 0 heterocycles. The molecule has 0 unspecified atom stereocenters. The Morgan fingerprint density at radius 3 is 2.63 bits per heavy atom. The lowest BCUT2D eigenvalue weighted by atomic mass is 9.90. The van der Waals surface area contributed by atoms with Crippen molar-refractivity contribution in [1.82, 2.24) is 5.32 Å². The van der Waals surface area contributed by atoms with Gasteiger partial charge in [-0.1, -0.05) is 18.2 Å². The molecule has 3 N–H and O–H groups in total. The molecule has 0 saturated carbocycles. The summed E-state index contributed by atoms with van der Waals surface area (Å²) in [6.45, 7) is 4.33. The fraction of sp³-hybridized carbons (Fsp3) is 0.562. The Kier molecular flexibility index (Phi) is 4.25. The van der Waals surface area contributed by atoms with Crippen LogP contribution in [-0.2, 0) is 24.1 Å². The molecule has 104 valence electrons. The van der Waals surface area contributed by atoms with E-state index in [2.05, 4.69) is 23.5 Å². The summed E-state index contributed by atoms with van der Waals surface area (Å²) in [5.74, 6) is 0.0474. The lowest BCUT2D eigenvalue weighted by molar-refractivity contribution is -0.121. The van der Waals surface area contributed by atoms with Crippen LogP contribution in [0.25, 0.3) is 0 Å². The fourth-order valence-corrected chi connectivity index (χ4v) is 2.55. The number of rotatable bonds is 4. The summed E-state index contributed by atoms with van der Waals surface area (Å²) < 4.78 is 0. The fourth-order valence-electron chi connectivity index (χ4n) is 2.55. The van der Waals surface area contributed by atoms with E-state index >= 15 is 0 Å². The number of fused-ring (bicyclic) bond motifs is 1. The lowest BCUT2D eigenvalue weighted by Gasteiger charge is -2.24. The minimum atomic E-state index is -0.328. The average molecular weight is 260 g/mol. The Labute approximate surface area is 115 Å². The highest BCUT2D eigenvalue weighted by Crippen LogP contribution is 2.22. The molecule has 1 aliphatic rings. The van der Waals surface area contributed by atoms with Crippen molar-refractivity contribution in [1.29, 1.82) is 0 Å². The standard InChI is InChI=1S/C16H24N2O/c1-16(2,11-17)18-15(19)10-12-7-8-13-5-3-4-6-14(13)9-12/h7-9H,3-6,10-11,17H2,1-2H3,(H,18,19). The largest absolute Gasteiger partial charge is 0.350 e. The highest BCUT2D eigenvalue weighted by molar-refractivity contribution is 5.79. The van der Waals surface area contributed by atoms with Gasteiger partial charge in [0.05, 0.1) is 6.42 Å². The smallest absolute Gasteiger partial charge is 0.224 e. The molecule has 1 amide bonds. The molecule has 0 aliphatic heterocycles. The predicted molar refractivity (Wildman–Crippen MR) is 78.1 cm³/mol. The topological polar surface area (TPSA) is 55.1 Å². The third-order valence-electron chi connectivity index (χ3n) is 3.77. The molecule has 0 spiro atoms. The van der Waals surface area contributed by atoms with Crippen LogP contribution in [0.3, 0.4) is 0 Å². The Morgan fingerprint density at radius 1 is 1.26 bits per heavy atom. The van der Waals surface area contributed by atoms with Crippen molar-refractivity contribution in [2.75, 3.05) is 6.54 Å². The zero-order chi connectivity index (χ0) is 13.9. The molecule has 3 nitrogen and oxygen atoms in total. The molecular formula is C16H24N2O. The lowest BCUT2D eigenvalue weighted by Crippen LogP contribution is -2.49. The molecule has 0 radical (unpaired) electrons. The highest BCUT2D eigenvalue weighted by atomic mass is 16.1. The number of aryl methyl sites for hydroxylation is 2. The van der Waals surface area contributed by atoms with Gasteiger partial charge < -0.3 is 11.1 Å². The molecule has 3 heteroatoms. The van der Waals surface area contributed by atoms with E-state index in [0.717, 1.165) is 12.0 Å². The summed E-state index contributed by atoms with van der Waals surface area (Å²) in [4.78, 5) is 12.0. The van der Waals surface area contributed by atoms with E-state index in [-0.39, 0.29) is 11.4 Å². The van der Waals surface area contributed by atoms with Crippen LogP contribution in [0.4, 0.5) is 0 Å². The second-order valence-corrected chi connectivity index (χ2v) is 6.12. The highest BCUT2D eigenvalue weighted by Gasteiger charge is 2.18. The number of amides is 1. The molecular weight excluding hydrogens is 236 g/mol. The van der Waals surface area contributed by atoms with Gasteiger partial charge in [0.25, 0.3) is 0 Å². The van der Waals surface area contributed by atoms with Gasteiger partial charge in [0.15, 0.2) is 0 Å². The monoisotopic (exact) mass is 260 g/mol. The van der Waals surface area contributed by atoms with E-state index in [4.69, 9.17) is 5.73 Å². The summed E-state index contributed by atoms with van der Waals surface area (Å²) >= 11 is 0. The van der Waals surface area contributed by atoms with Gasteiger partial charge in [-0.3, -0.25) is 4.79 Å². The van der Waals surface area contributed by atoms with Crippen LogP contribution in [0.5, 0.6) is 0 Å². The number of nitrogens with two attached hydrogens (primary N) is 1. The van der Waals surface area contributed by atoms with Crippen LogP contribution < -0.4 is 11.1 Å². The minimum absolute atomic E-state index is 0.0474. The SMILES string of the molecule is CC(C)(CN)NC(=O)Cc1ccc2c(c1)CCCC2. The van der Waals surface area contributed by atoms with E-state index in [0.29, 0.717) is 13.0 Å². The average Bonchev–Trinajstić information content (AvgIpc) is 2.38. The van der Waals surface area contributed by atoms with Crippen molar-refractivity contribution in [2.45, 2.75) is 51.5 Å². The van der Waals surface area contributed by atoms with Gasteiger partial charge in [-0.15, -0.1) is 0 Å². The normalized spacial score (nSPS) is 14.9. The van der Waals surface area contributed by atoms with Crippen LogP contribution in [0.15, 0.2) is 18.2 Å². The molecule has 2 rings (SSSR count). The van der Waals surface area contributed by atoms with E-state index in [1.165, 1.54) is 30.4 Å². The molecule has 0 aromatic heterocycles. The maximum Gasteiger partial charge on any atom is 0.224 e. The molecule has 0 bridgehead atoms. The number of nitrogens with one attached hydrogen (secondary N) is 1. The number of hydrogen-bond acceptors (Lipinski definition) is 2. The van der Waals surface area contributed by atoms with Crippen molar-refractivity contribution >= 4 is 5.91 Å². The van der Waals surface area contributed by atoms with Crippen LogP contribution >= 0.6 is 0 Å². The third-order valence-corrected chi connectivity index (χ3v) is 3.77. The first-order chi connectivity index (χ1) is 9.00. The molecule has 1 aliphatic carbocycles. The summed E-state index contributed by atoms with van der Waals surface area (Å²) in [6, 6.07) is 6.47. The molecule has 0 fully saturated rings. The van der Waals surface area contributed by atoms with E-state index in [1.54, 1.807) is 0 Å². The zero-order valence-electron chi connectivity index (χ0n) is 12.0. The zero-order valence-corrected chi connectivity index (χ0v) is 12.0. The maximum absolute atomic E-state index is 12.0. The Bertz CT molecular complexity index is 466. The summed E-state index contributed by atoms with van der Waals surface area (Å²) in [7, 11) is 0. The van der Waals surface area contributed by atoms with E-state index < -0.39 is 0 Å². The Hall–Kier alpha value is -1.35. The first-order valence-electron chi connectivity index (χ1n) is 7.12. The van der Waals surface area contributed by atoms with Gasteiger partial charge in [-0.05, 0) is 56.2 Å². The second kappa shape index (κ2) is 5.74. The number of benzene rings is 1. The maximum atomic E-state index is 12.0. The van der Waals surface area contributed by atoms with Gasteiger partial charge >= 0.3 is 0 Å². The molecule has 0 saturated heterocycles. The van der Waals surface area contributed by atoms with Gasteiger partial charge in [0.2, 0.25) is 5.91 Å². The summed E-state index contributed by atoms with van der Waals surface area (Å²) in [5, 5.41) is 2.97. The van der Waals surface area contributed by atoms with Gasteiger partial charge in [0.1, 0.15) is 0 Å². The first-order valence-corrected chi connectivity index (χ1v) is 7.12. The Balaban J connectivity index is 2.01. The van der Waals surface area contributed by atoms with Crippen molar-refractivity contribution < 1.29 is 4.79 Å². The molecule has 1 aromatic rings. The van der Waals surface area contributed by atoms with Crippen molar-refractivity contribution in [3.63, 3.8) is 0 Å². The quantitative estimate of drug-likeness (QED) is 0.869. The summed E-state index contributed by atoms with van der Waals surface area (Å²) in [5.41, 5.74) is 9.28. The van der Waals surface area contributed by atoms with Gasteiger partial charge in [-0.2, -0.15) is 0 Å². The second-order valence-electron chi connectivity index (χ2n) is 6.12. The number of carbonyl (C=O) groups excluding carboxylic acids is 1. The van der Waals surface area contributed by atoms with Crippen molar-refractivity contribution in [2.24, 2.45) is 5.73 Å². The van der Waals surface area contributed by atoms with E-state index in [1.807, 2.05) is 13.8 Å². The first kappa shape index (κ1) is 14.1. The van der Waals surface area contributed by atoms with Crippen LogP contribution in [-0.4, -0.2) is 18.0 Å². The van der Waals surface area contributed by atoms with Crippen molar-refractivity contribution in [3.05, 3.63) is 34.9 Å². The number of carbonyl (C=O) groups is 1.